The summed E-state index contributed by atoms with van der Waals surface area (Å²) in [5.41, 5.74) is 5.09. The Morgan fingerprint density at radius 3 is 2.55 bits per heavy atom. The van der Waals surface area contributed by atoms with Gasteiger partial charge in [-0.25, -0.2) is 18.6 Å². The van der Waals surface area contributed by atoms with Crippen molar-refractivity contribution in [1.82, 2.24) is 5.43 Å². The van der Waals surface area contributed by atoms with Crippen LogP contribution in [0.3, 0.4) is 0 Å². The standard InChI is InChI=1S/C30H36N2O7S3/c1-7-38-26(33)14-15-37-19-22-12-8-10-20(2)27(22)21-11-9-13-24(16-21)42(35,36)25-17-23(41-28(25)40-6)18-31-32-29(34)39-30(3,4)5/h8-13,16-18H,7,14-15,19H2,1-6H3,(H,32,34). The number of ether oxygens (including phenoxy) is 3. The van der Waals surface area contributed by atoms with Crippen LogP contribution in [0.5, 0.6) is 0 Å². The molecule has 1 heterocycles. The Balaban J connectivity index is 1.85. The van der Waals surface area contributed by atoms with Crippen LogP contribution in [0, 0.1) is 6.92 Å². The molecule has 0 radical (unpaired) electrons. The molecule has 0 fully saturated rings. The minimum Gasteiger partial charge on any atom is -0.466 e. The van der Waals surface area contributed by atoms with E-state index in [-0.39, 0.29) is 35.4 Å². The maximum absolute atomic E-state index is 13.8. The summed E-state index contributed by atoms with van der Waals surface area (Å²) in [7, 11) is -3.89. The van der Waals surface area contributed by atoms with E-state index in [2.05, 4.69) is 10.5 Å². The fourth-order valence-electron chi connectivity index (χ4n) is 4.00. The lowest BCUT2D eigenvalue weighted by Crippen LogP contribution is -2.29. The van der Waals surface area contributed by atoms with Crippen molar-refractivity contribution in [3.8, 4) is 11.1 Å². The van der Waals surface area contributed by atoms with Gasteiger partial charge >= 0.3 is 12.1 Å². The third-order valence-corrected chi connectivity index (χ3v) is 9.95. The fourth-order valence-corrected chi connectivity index (χ4v) is 7.94. The predicted molar refractivity (Wildman–Crippen MR) is 166 cm³/mol. The van der Waals surface area contributed by atoms with Gasteiger partial charge in [0.2, 0.25) is 9.84 Å². The number of rotatable bonds is 12. The molecule has 12 heteroatoms. The van der Waals surface area contributed by atoms with E-state index < -0.39 is 21.5 Å². The number of sulfone groups is 1. The van der Waals surface area contributed by atoms with Crippen molar-refractivity contribution in [3.05, 3.63) is 64.5 Å². The van der Waals surface area contributed by atoms with Crippen LogP contribution in [0.1, 0.15) is 50.1 Å². The van der Waals surface area contributed by atoms with E-state index in [1.54, 1.807) is 52.0 Å². The molecule has 0 aliphatic rings. The molecule has 0 unspecified atom stereocenters. The number of hydrogen-bond acceptors (Lipinski definition) is 10. The Morgan fingerprint density at radius 2 is 1.86 bits per heavy atom. The second-order valence-electron chi connectivity index (χ2n) is 10.1. The lowest BCUT2D eigenvalue weighted by atomic mass is 9.95. The van der Waals surface area contributed by atoms with Crippen molar-refractivity contribution in [2.45, 2.75) is 67.2 Å². The smallest absolute Gasteiger partial charge is 0.428 e. The molecule has 2 aromatic carbocycles. The summed E-state index contributed by atoms with van der Waals surface area (Å²) in [5, 5.41) is 3.91. The van der Waals surface area contributed by atoms with Crippen LogP contribution in [0.2, 0.25) is 0 Å². The molecule has 0 bridgehead atoms. The summed E-state index contributed by atoms with van der Waals surface area (Å²) in [4.78, 5) is 24.4. The predicted octanol–water partition coefficient (Wildman–Crippen LogP) is 6.61. The Bertz CT molecular complexity index is 1540. The second kappa shape index (κ2) is 14.8. The monoisotopic (exact) mass is 632 g/mol. The third-order valence-electron chi connectivity index (χ3n) is 5.71. The zero-order chi connectivity index (χ0) is 30.9. The van der Waals surface area contributed by atoms with Crippen LogP contribution in [0.25, 0.3) is 11.1 Å². The largest absolute Gasteiger partial charge is 0.466 e. The summed E-state index contributed by atoms with van der Waals surface area (Å²) >= 11 is 2.58. The van der Waals surface area contributed by atoms with Crippen LogP contribution in [-0.4, -0.2) is 51.8 Å². The minimum atomic E-state index is -3.89. The van der Waals surface area contributed by atoms with E-state index in [1.807, 2.05) is 37.4 Å². The first kappa shape index (κ1) is 33.3. The SMILES string of the molecule is CCOC(=O)CCOCc1cccc(C)c1-c1cccc(S(=O)(=O)c2cc(C=NNC(=O)OC(C)(C)C)sc2SC)c1. The van der Waals surface area contributed by atoms with Crippen molar-refractivity contribution in [1.29, 1.82) is 0 Å². The fraction of sp³-hybridized carbons (Fsp3) is 0.367. The van der Waals surface area contributed by atoms with Crippen LogP contribution < -0.4 is 5.43 Å². The summed E-state index contributed by atoms with van der Waals surface area (Å²) in [6, 6.07) is 14.2. The highest BCUT2D eigenvalue weighted by Crippen LogP contribution is 2.38. The molecule has 3 rings (SSSR count). The number of carbonyl (C=O) groups excluding carboxylic acids is 2. The summed E-state index contributed by atoms with van der Waals surface area (Å²) in [6.07, 6.45) is 2.66. The Kier molecular flexibility index (Phi) is 11.7. The average molecular weight is 633 g/mol. The summed E-state index contributed by atoms with van der Waals surface area (Å²) in [6.45, 7) is 9.75. The quantitative estimate of drug-likeness (QED) is 0.0779. The first-order valence-electron chi connectivity index (χ1n) is 13.2. The molecule has 0 spiro atoms. The lowest BCUT2D eigenvalue weighted by molar-refractivity contribution is -0.144. The number of hydrazone groups is 1. The number of nitrogens with one attached hydrogen (secondary N) is 1. The number of thioether (sulfide) groups is 1. The van der Waals surface area contributed by atoms with Gasteiger partial charge in [-0.1, -0.05) is 30.3 Å². The Morgan fingerprint density at radius 1 is 1.12 bits per heavy atom. The topological polar surface area (TPSA) is 120 Å². The first-order valence-corrected chi connectivity index (χ1v) is 16.8. The Labute approximate surface area is 255 Å². The number of nitrogens with zero attached hydrogens (tertiary/aromatic N) is 1. The molecule has 0 saturated carbocycles. The first-order chi connectivity index (χ1) is 19.9. The van der Waals surface area contributed by atoms with E-state index in [1.165, 1.54) is 29.3 Å². The van der Waals surface area contributed by atoms with Crippen molar-refractivity contribution < 1.29 is 32.2 Å². The van der Waals surface area contributed by atoms with Gasteiger partial charge in [0.1, 0.15) is 5.60 Å². The van der Waals surface area contributed by atoms with Gasteiger partial charge in [0.05, 0.1) is 46.5 Å². The normalized spacial score (nSPS) is 12.0. The number of esters is 1. The number of aryl methyl sites for hydroxylation is 1. The highest BCUT2D eigenvalue weighted by Gasteiger charge is 2.25. The van der Waals surface area contributed by atoms with Gasteiger partial charge in [-0.15, -0.1) is 23.1 Å². The van der Waals surface area contributed by atoms with E-state index in [9.17, 15) is 18.0 Å². The average Bonchev–Trinajstić information content (AvgIpc) is 3.34. The summed E-state index contributed by atoms with van der Waals surface area (Å²) in [5.74, 6) is -0.313. The maximum atomic E-state index is 13.8. The molecule has 9 nitrogen and oxygen atoms in total. The van der Waals surface area contributed by atoms with E-state index in [0.29, 0.717) is 15.7 Å². The highest BCUT2D eigenvalue weighted by molar-refractivity contribution is 8.01. The second-order valence-corrected chi connectivity index (χ2v) is 14.2. The number of carbonyl (C=O) groups is 2. The van der Waals surface area contributed by atoms with Gasteiger partial charge in [0.15, 0.2) is 0 Å². The molecule has 0 aliphatic carbocycles. The molecule has 3 aromatic rings. The van der Waals surface area contributed by atoms with Gasteiger partial charge in [-0.05, 0) is 81.3 Å². The van der Waals surface area contributed by atoms with Crippen LogP contribution in [0.4, 0.5) is 4.79 Å². The Hall–Kier alpha value is -3.19. The molecular weight excluding hydrogens is 597 g/mol. The molecule has 226 valence electrons. The van der Waals surface area contributed by atoms with Crippen molar-refractivity contribution in [2.24, 2.45) is 5.10 Å². The number of thiophene rings is 1. The molecule has 0 aliphatic heterocycles. The zero-order valence-corrected chi connectivity index (χ0v) is 27.0. The highest BCUT2D eigenvalue weighted by atomic mass is 32.2. The number of hydrogen-bond donors (Lipinski definition) is 1. The molecule has 1 amide bonds. The van der Waals surface area contributed by atoms with Gasteiger partial charge < -0.3 is 14.2 Å². The van der Waals surface area contributed by atoms with E-state index >= 15 is 0 Å². The maximum Gasteiger partial charge on any atom is 0.428 e. The van der Waals surface area contributed by atoms with Crippen molar-refractivity contribution >= 4 is 51.2 Å². The molecular formula is C30H36N2O7S3. The number of amides is 1. The molecule has 0 saturated heterocycles. The van der Waals surface area contributed by atoms with Gasteiger partial charge in [0, 0.05) is 4.88 Å². The van der Waals surface area contributed by atoms with Crippen LogP contribution in [0.15, 0.2) is 67.6 Å². The van der Waals surface area contributed by atoms with Gasteiger partial charge in [-0.3, -0.25) is 4.79 Å². The lowest BCUT2D eigenvalue weighted by Gasteiger charge is -2.18. The number of benzene rings is 2. The van der Waals surface area contributed by atoms with Crippen molar-refractivity contribution in [2.75, 3.05) is 19.5 Å². The molecule has 0 atom stereocenters. The minimum absolute atomic E-state index is 0.154. The van der Waals surface area contributed by atoms with Crippen LogP contribution in [-0.2, 0) is 35.4 Å². The van der Waals surface area contributed by atoms with Gasteiger partial charge in [0.25, 0.3) is 0 Å². The zero-order valence-electron chi connectivity index (χ0n) is 24.6. The molecule has 42 heavy (non-hydrogen) atoms. The molecule has 1 aromatic heterocycles. The summed E-state index contributed by atoms with van der Waals surface area (Å²) < 4.78 is 44.1. The van der Waals surface area contributed by atoms with E-state index in [0.717, 1.165) is 22.3 Å². The van der Waals surface area contributed by atoms with E-state index in [4.69, 9.17) is 14.2 Å². The third kappa shape index (κ3) is 9.15. The van der Waals surface area contributed by atoms with Crippen molar-refractivity contribution in [3.63, 3.8) is 0 Å². The van der Waals surface area contributed by atoms with Gasteiger partial charge in [-0.2, -0.15) is 5.10 Å². The van der Waals surface area contributed by atoms with Crippen LogP contribution >= 0.6 is 23.1 Å². The molecule has 1 N–H and O–H groups in total.